The van der Waals surface area contributed by atoms with Crippen LogP contribution in [-0.2, 0) is 23.9 Å². The van der Waals surface area contributed by atoms with Crippen LogP contribution < -0.4 is 10.2 Å². The standard InChI is InChI=1S/C26H29BrN2O6/c1-4-5-12-34-25(32)18-6-8-20(9-7-18)29-14-19(13-24(29)31)26(33)35-15-23(30)28-22-11-10-21(27)16(2)17(22)3/h6-11,19H,4-5,12-15H2,1-3H3,(H,28,30)/t19-/m1/s1. The molecule has 0 aliphatic carbocycles. The van der Waals surface area contributed by atoms with Gasteiger partial charge in [-0.25, -0.2) is 4.79 Å². The number of rotatable bonds is 9. The van der Waals surface area contributed by atoms with Crippen molar-refractivity contribution in [3.05, 3.63) is 57.6 Å². The number of halogens is 1. The molecular formula is C26H29BrN2O6. The first-order chi connectivity index (χ1) is 16.7. The van der Waals surface area contributed by atoms with Crippen molar-refractivity contribution in [2.75, 3.05) is 30.0 Å². The van der Waals surface area contributed by atoms with E-state index in [0.29, 0.717) is 23.5 Å². The van der Waals surface area contributed by atoms with Gasteiger partial charge in [-0.2, -0.15) is 0 Å². The average molecular weight is 545 g/mol. The molecule has 0 aromatic heterocycles. The van der Waals surface area contributed by atoms with Crippen LogP contribution in [0.3, 0.4) is 0 Å². The summed E-state index contributed by atoms with van der Waals surface area (Å²) in [6.07, 6.45) is 1.73. The van der Waals surface area contributed by atoms with Crippen LogP contribution in [-0.4, -0.2) is 43.5 Å². The van der Waals surface area contributed by atoms with E-state index >= 15 is 0 Å². The molecule has 0 spiro atoms. The number of unbranched alkanes of at least 4 members (excludes halogenated alkanes) is 1. The lowest BCUT2D eigenvalue weighted by Crippen LogP contribution is -2.28. The SMILES string of the molecule is CCCCOC(=O)c1ccc(N2C[C@H](C(=O)OCC(=O)Nc3ccc(Br)c(C)c3C)CC2=O)cc1. The number of hydrogen-bond donors (Lipinski definition) is 1. The smallest absolute Gasteiger partial charge is 0.338 e. The molecule has 2 aromatic carbocycles. The summed E-state index contributed by atoms with van der Waals surface area (Å²) in [6.45, 7) is 5.91. The van der Waals surface area contributed by atoms with E-state index in [1.807, 2.05) is 26.8 Å². The van der Waals surface area contributed by atoms with Gasteiger partial charge < -0.3 is 19.7 Å². The quantitative estimate of drug-likeness (QED) is 0.366. The molecule has 35 heavy (non-hydrogen) atoms. The number of nitrogens with one attached hydrogen (secondary N) is 1. The van der Waals surface area contributed by atoms with E-state index in [-0.39, 0.29) is 18.9 Å². The van der Waals surface area contributed by atoms with Gasteiger partial charge in [0.05, 0.1) is 18.1 Å². The first-order valence-electron chi connectivity index (χ1n) is 11.5. The van der Waals surface area contributed by atoms with E-state index in [1.54, 1.807) is 30.3 Å². The Labute approximate surface area is 213 Å². The normalized spacial score (nSPS) is 15.1. The van der Waals surface area contributed by atoms with Crippen LogP contribution in [0.5, 0.6) is 0 Å². The minimum atomic E-state index is -0.675. The Balaban J connectivity index is 1.52. The van der Waals surface area contributed by atoms with Crippen molar-refractivity contribution >= 4 is 51.1 Å². The number of hydrogen-bond acceptors (Lipinski definition) is 6. The monoisotopic (exact) mass is 544 g/mol. The topological polar surface area (TPSA) is 102 Å². The summed E-state index contributed by atoms with van der Waals surface area (Å²) in [5.74, 6) is -2.37. The van der Waals surface area contributed by atoms with Gasteiger partial charge in [0.1, 0.15) is 0 Å². The van der Waals surface area contributed by atoms with E-state index < -0.39 is 30.4 Å². The first kappa shape index (κ1) is 26.4. The van der Waals surface area contributed by atoms with Crippen molar-refractivity contribution < 1.29 is 28.7 Å². The van der Waals surface area contributed by atoms with E-state index in [0.717, 1.165) is 28.4 Å². The van der Waals surface area contributed by atoms with Crippen LogP contribution in [0.2, 0.25) is 0 Å². The Morgan fingerprint density at radius 3 is 2.46 bits per heavy atom. The lowest BCUT2D eigenvalue weighted by atomic mass is 10.1. The fourth-order valence-electron chi connectivity index (χ4n) is 3.65. The van der Waals surface area contributed by atoms with Crippen molar-refractivity contribution in [2.45, 2.75) is 40.0 Å². The van der Waals surface area contributed by atoms with Gasteiger partial charge in [-0.15, -0.1) is 0 Å². The molecule has 1 heterocycles. The van der Waals surface area contributed by atoms with Gasteiger partial charge in [-0.3, -0.25) is 14.4 Å². The van der Waals surface area contributed by atoms with Gasteiger partial charge in [-0.05, 0) is 67.8 Å². The molecule has 9 heteroatoms. The second-order valence-corrected chi connectivity index (χ2v) is 9.30. The summed E-state index contributed by atoms with van der Waals surface area (Å²) in [5, 5.41) is 2.75. The molecule has 0 bridgehead atoms. The summed E-state index contributed by atoms with van der Waals surface area (Å²) < 4.78 is 11.3. The molecule has 1 fully saturated rings. The summed E-state index contributed by atoms with van der Waals surface area (Å²) in [7, 11) is 0. The van der Waals surface area contributed by atoms with Crippen LogP contribution in [0.25, 0.3) is 0 Å². The number of carbonyl (C=O) groups excluding carboxylic acids is 4. The molecule has 1 atom stereocenters. The molecule has 1 N–H and O–H groups in total. The molecule has 1 aliphatic heterocycles. The van der Waals surface area contributed by atoms with Gasteiger partial charge in [-0.1, -0.05) is 29.3 Å². The lowest BCUT2D eigenvalue weighted by molar-refractivity contribution is -0.151. The number of carbonyl (C=O) groups is 4. The zero-order valence-electron chi connectivity index (χ0n) is 20.1. The summed E-state index contributed by atoms with van der Waals surface area (Å²) in [5.41, 5.74) is 3.54. The van der Waals surface area contributed by atoms with Crippen LogP contribution in [0.15, 0.2) is 40.9 Å². The van der Waals surface area contributed by atoms with Gasteiger partial charge >= 0.3 is 11.9 Å². The average Bonchev–Trinajstić information content (AvgIpc) is 3.24. The van der Waals surface area contributed by atoms with Crippen molar-refractivity contribution in [3.63, 3.8) is 0 Å². The second kappa shape index (κ2) is 12.0. The van der Waals surface area contributed by atoms with E-state index in [1.165, 1.54) is 4.90 Å². The number of benzene rings is 2. The Hall–Kier alpha value is -3.20. The third kappa shape index (κ3) is 6.69. The number of esters is 2. The molecule has 0 unspecified atom stereocenters. The molecule has 1 saturated heterocycles. The molecular weight excluding hydrogens is 516 g/mol. The Bertz CT molecular complexity index is 1120. The number of anilines is 2. The third-order valence-corrected chi connectivity index (χ3v) is 6.80. The highest BCUT2D eigenvalue weighted by atomic mass is 79.9. The summed E-state index contributed by atoms with van der Waals surface area (Å²) in [4.78, 5) is 50.8. The molecule has 2 aromatic rings. The zero-order chi connectivity index (χ0) is 25.5. The van der Waals surface area contributed by atoms with Crippen LogP contribution in [0, 0.1) is 19.8 Å². The first-order valence-corrected chi connectivity index (χ1v) is 12.3. The molecule has 8 nitrogen and oxygen atoms in total. The zero-order valence-corrected chi connectivity index (χ0v) is 21.6. The maximum absolute atomic E-state index is 12.5. The predicted molar refractivity (Wildman–Crippen MR) is 135 cm³/mol. The molecule has 186 valence electrons. The molecule has 1 aliphatic rings. The fourth-order valence-corrected chi connectivity index (χ4v) is 4.08. The van der Waals surface area contributed by atoms with Crippen molar-refractivity contribution in [1.29, 1.82) is 0 Å². The summed E-state index contributed by atoms with van der Waals surface area (Å²) >= 11 is 3.45. The predicted octanol–water partition coefficient (Wildman–Crippen LogP) is 4.56. The Morgan fingerprint density at radius 1 is 1.06 bits per heavy atom. The Morgan fingerprint density at radius 2 is 1.77 bits per heavy atom. The number of amides is 2. The largest absolute Gasteiger partial charge is 0.462 e. The van der Waals surface area contributed by atoms with Crippen molar-refractivity contribution in [1.82, 2.24) is 0 Å². The minimum absolute atomic E-state index is 0.00766. The number of nitrogens with zero attached hydrogens (tertiary/aromatic N) is 1. The fraction of sp³-hybridized carbons (Fsp3) is 0.385. The molecule has 0 radical (unpaired) electrons. The number of ether oxygens (including phenoxy) is 2. The van der Waals surface area contributed by atoms with E-state index in [9.17, 15) is 19.2 Å². The van der Waals surface area contributed by atoms with Gasteiger partial charge in [0, 0.05) is 28.8 Å². The van der Waals surface area contributed by atoms with Crippen LogP contribution >= 0.6 is 15.9 Å². The lowest BCUT2D eigenvalue weighted by Gasteiger charge is -2.17. The maximum atomic E-state index is 12.5. The van der Waals surface area contributed by atoms with Gasteiger partial charge in [0.15, 0.2) is 6.61 Å². The summed E-state index contributed by atoms with van der Waals surface area (Å²) in [6, 6.07) is 10.1. The highest BCUT2D eigenvalue weighted by Gasteiger charge is 2.36. The van der Waals surface area contributed by atoms with E-state index in [4.69, 9.17) is 9.47 Å². The second-order valence-electron chi connectivity index (χ2n) is 8.44. The van der Waals surface area contributed by atoms with Gasteiger partial charge in [0.25, 0.3) is 5.91 Å². The molecule has 3 rings (SSSR count). The van der Waals surface area contributed by atoms with Crippen molar-refractivity contribution in [3.8, 4) is 0 Å². The maximum Gasteiger partial charge on any atom is 0.338 e. The van der Waals surface area contributed by atoms with Gasteiger partial charge in [0.2, 0.25) is 5.91 Å². The highest BCUT2D eigenvalue weighted by molar-refractivity contribution is 9.10. The Kier molecular flexibility index (Phi) is 9.03. The molecule has 2 amide bonds. The molecule has 0 saturated carbocycles. The third-order valence-electron chi connectivity index (χ3n) is 5.94. The van der Waals surface area contributed by atoms with Crippen LogP contribution in [0.4, 0.5) is 11.4 Å². The van der Waals surface area contributed by atoms with E-state index in [2.05, 4.69) is 21.2 Å². The van der Waals surface area contributed by atoms with Crippen LogP contribution in [0.1, 0.15) is 47.7 Å². The highest BCUT2D eigenvalue weighted by Crippen LogP contribution is 2.27. The van der Waals surface area contributed by atoms with Crippen molar-refractivity contribution in [2.24, 2.45) is 5.92 Å². The minimum Gasteiger partial charge on any atom is -0.462 e.